The van der Waals surface area contributed by atoms with Gasteiger partial charge < -0.3 is 25.6 Å². The third-order valence-corrected chi connectivity index (χ3v) is 8.34. The topological polar surface area (TPSA) is 171 Å². The number of aromatic nitrogens is 1. The molecule has 1 aliphatic heterocycles. The van der Waals surface area contributed by atoms with Gasteiger partial charge in [0.05, 0.1) is 17.0 Å². The Bertz CT molecular complexity index is 1670. The zero-order valence-electron chi connectivity index (χ0n) is 22.7. The van der Waals surface area contributed by atoms with Crippen LogP contribution < -0.4 is 26.1 Å². The van der Waals surface area contributed by atoms with E-state index in [2.05, 4.69) is 25.7 Å². The number of carbonyl (C=O) groups excluding carboxylic acids is 1. The number of nitrogens with zero attached hydrogens (tertiary/aromatic N) is 2. The number of aliphatic imine (C=N–C) groups is 1. The van der Waals surface area contributed by atoms with E-state index in [-0.39, 0.29) is 10.5 Å². The van der Waals surface area contributed by atoms with Gasteiger partial charge in [0, 0.05) is 38.3 Å². The molecule has 1 atom stereocenters. The number of benzene rings is 2. The second-order valence-corrected chi connectivity index (χ2v) is 11.4. The van der Waals surface area contributed by atoms with Crippen LogP contribution >= 0.6 is 0 Å². The van der Waals surface area contributed by atoms with E-state index in [1.807, 2.05) is 13.0 Å². The van der Waals surface area contributed by atoms with E-state index in [1.54, 1.807) is 49.7 Å². The first kappa shape index (κ1) is 28.8. The summed E-state index contributed by atoms with van der Waals surface area (Å²) in [5.41, 5.74) is 2.63. The summed E-state index contributed by atoms with van der Waals surface area (Å²) in [4.78, 5) is 42.3. The summed E-state index contributed by atoms with van der Waals surface area (Å²) in [5.74, 6) is -1.57. The highest BCUT2D eigenvalue weighted by molar-refractivity contribution is 7.89. The number of aliphatic carboxylic acids is 1. The van der Waals surface area contributed by atoms with E-state index in [4.69, 9.17) is 0 Å². The maximum atomic E-state index is 13.1. The Kier molecular flexibility index (Phi) is 8.26. The first-order valence-corrected chi connectivity index (χ1v) is 14.1. The second kappa shape index (κ2) is 11.5. The van der Waals surface area contributed by atoms with Crippen molar-refractivity contribution in [3.8, 4) is 0 Å². The van der Waals surface area contributed by atoms with Crippen molar-refractivity contribution in [1.29, 1.82) is 0 Å². The van der Waals surface area contributed by atoms with Gasteiger partial charge in [0.2, 0.25) is 15.5 Å². The summed E-state index contributed by atoms with van der Waals surface area (Å²) in [6.07, 6.45) is 1.37. The minimum absolute atomic E-state index is 0.0128. The third kappa shape index (κ3) is 6.15. The highest BCUT2D eigenvalue weighted by atomic mass is 32.2. The standard InChI is InChI=1S/C27H32N6O6S/c1-15-9-16(2)24(17(3)10-15)40(38,39)32-21(26(36)37)13-30-25(35)20-14-33(4)22-11-18(5-6-19(22)23(20)34)12-31-27-28-7-8-29-27/h5-6,9-11,14,21,32H,7-8,12-13H2,1-4H3,(H,30,35)(H,36,37)(H2,28,29,31). The molecule has 40 heavy (non-hydrogen) atoms. The fraction of sp³-hybridized carbons (Fsp3) is 0.333. The number of carboxylic acids is 1. The highest BCUT2D eigenvalue weighted by Crippen LogP contribution is 2.22. The lowest BCUT2D eigenvalue weighted by molar-refractivity contribution is -0.138. The van der Waals surface area contributed by atoms with Crippen molar-refractivity contribution >= 4 is 38.8 Å². The van der Waals surface area contributed by atoms with Gasteiger partial charge in [0.25, 0.3) is 5.91 Å². The van der Waals surface area contributed by atoms with Gasteiger partial charge in [0.15, 0.2) is 5.96 Å². The van der Waals surface area contributed by atoms with Crippen LogP contribution in [0.4, 0.5) is 0 Å². The number of amides is 1. The Morgan fingerprint density at radius 3 is 2.48 bits per heavy atom. The van der Waals surface area contributed by atoms with Crippen molar-refractivity contribution in [2.24, 2.45) is 12.0 Å². The molecule has 1 aromatic heterocycles. The quantitative estimate of drug-likeness (QED) is 0.251. The molecule has 1 unspecified atom stereocenters. The summed E-state index contributed by atoms with van der Waals surface area (Å²) in [6.45, 7) is 6.51. The molecule has 0 bridgehead atoms. The van der Waals surface area contributed by atoms with E-state index in [0.29, 0.717) is 41.1 Å². The molecule has 0 spiro atoms. The summed E-state index contributed by atoms with van der Waals surface area (Å²) in [5, 5.41) is 18.7. The maximum absolute atomic E-state index is 13.1. The van der Waals surface area contributed by atoms with Crippen LogP contribution in [0, 0.1) is 20.8 Å². The molecule has 0 fully saturated rings. The van der Waals surface area contributed by atoms with Crippen molar-refractivity contribution in [3.63, 3.8) is 0 Å². The number of pyridine rings is 1. The molecule has 3 aromatic rings. The minimum Gasteiger partial charge on any atom is -0.480 e. The summed E-state index contributed by atoms with van der Waals surface area (Å²) < 4.78 is 29.9. The van der Waals surface area contributed by atoms with Gasteiger partial charge in [-0.2, -0.15) is 4.72 Å². The van der Waals surface area contributed by atoms with Crippen LogP contribution in [0.15, 0.2) is 51.2 Å². The Balaban J connectivity index is 1.51. The van der Waals surface area contributed by atoms with Crippen molar-refractivity contribution in [2.75, 3.05) is 19.6 Å². The monoisotopic (exact) mass is 568 g/mol. The number of sulfonamides is 1. The number of nitrogens with one attached hydrogen (secondary N) is 4. The van der Waals surface area contributed by atoms with Crippen LogP contribution in [-0.4, -0.2) is 61.6 Å². The highest BCUT2D eigenvalue weighted by Gasteiger charge is 2.29. The molecule has 12 nitrogen and oxygen atoms in total. The van der Waals surface area contributed by atoms with Crippen molar-refractivity contribution < 1.29 is 23.1 Å². The van der Waals surface area contributed by atoms with Gasteiger partial charge >= 0.3 is 5.97 Å². The lowest BCUT2D eigenvalue weighted by Crippen LogP contribution is -2.49. The third-order valence-electron chi connectivity index (χ3n) is 6.57. The van der Waals surface area contributed by atoms with E-state index < -0.39 is 39.9 Å². The fourth-order valence-corrected chi connectivity index (χ4v) is 6.45. The molecule has 1 amide bonds. The van der Waals surface area contributed by atoms with E-state index in [0.717, 1.165) is 17.7 Å². The van der Waals surface area contributed by atoms with Crippen molar-refractivity contribution in [2.45, 2.75) is 38.3 Å². The number of guanidine groups is 1. The SMILES string of the molecule is Cc1cc(C)c(S(=O)(=O)NC(CNC(=O)c2cn(C)c3cc(CNC4=NCCN4)ccc3c2=O)C(=O)O)c(C)c1. The molecule has 2 aromatic carbocycles. The molecule has 1 aliphatic rings. The normalized spacial score (nSPS) is 13.9. The number of aryl methyl sites for hydroxylation is 4. The molecule has 212 valence electrons. The molecule has 4 rings (SSSR count). The van der Waals surface area contributed by atoms with Crippen molar-refractivity contribution in [3.05, 3.63) is 74.6 Å². The lowest BCUT2D eigenvalue weighted by Gasteiger charge is -2.18. The molecule has 0 saturated heterocycles. The first-order valence-electron chi connectivity index (χ1n) is 12.6. The number of fused-ring (bicyclic) bond motifs is 1. The summed E-state index contributed by atoms with van der Waals surface area (Å²) in [6, 6.07) is 6.97. The molecule has 13 heteroatoms. The Morgan fingerprint density at radius 1 is 1.15 bits per heavy atom. The molecule has 0 aliphatic carbocycles. The van der Waals surface area contributed by atoms with Crippen molar-refractivity contribution in [1.82, 2.24) is 25.2 Å². The van der Waals surface area contributed by atoms with Gasteiger partial charge in [-0.15, -0.1) is 0 Å². The predicted octanol–water partition coefficient (Wildman–Crippen LogP) is 0.674. The number of carboxylic acid groups (broad SMARTS) is 1. The van der Waals surface area contributed by atoms with Crippen LogP contribution in [0.25, 0.3) is 10.9 Å². The molecule has 5 N–H and O–H groups in total. The minimum atomic E-state index is -4.22. The van der Waals surface area contributed by atoms with Gasteiger partial charge in [-0.05, 0) is 49.6 Å². The fourth-order valence-electron chi connectivity index (χ4n) is 4.81. The molecular weight excluding hydrogens is 536 g/mol. The van der Waals surface area contributed by atoms with Gasteiger partial charge in [-0.1, -0.05) is 23.8 Å². The number of hydrogen-bond acceptors (Lipinski definition) is 8. The molecular formula is C27H32N6O6S. The Hall–Kier alpha value is -4.23. The Morgan fingerprint density at radius 2 is 1.85 bits per heavy atom. The zero-order valence-corrected chi connectivity index (χ0v) is 23.5. The van der Waals surface area contributed by atoms with E-state index in [1.165, 1.54) is 6.20 Å². The smallest absolute Gasteiger partial charge is 0.323 e. The number of carbonyl (C=O) groups is 2. The zero-order chi connectivity index (χ0) is 29.2. The van der Waals surface area contributed by atoms with Crippen LogP contribution in [0.2, 0.25) is 0 Å². The number of rotatable bonds is 9. The van der Waals surface area contributed by atoms with E-state index in [9.17, 15) is 27.9 Å². The average molecular weight is 569 g/mol. The van der Waals surface area contributed by atoms with Gasteiger partial charge in [-0.3, -0.25) is 19.4 Å². The van der Waals surface area contributed by atoms with Crippen LogP contribution in [0.3, 0.4) is 0 Å². The summed E-state index contributed by atoms with van der Waals surface area (Å²) in [7, 11) is -2.52. The van der Waals surface area contributed by atoms with E-state index >= 15 is 0 Å². The predicted molar refractivity (Wildman–Crippen MR) is 151 cm³/mol. The van der Waals surface area contributed by atoms with Crippen LogP contribution in [0.5, 0.6) is 0 Å². The summed E-state index contributed by atoms with van der Waals surface area (Å²) >= 11 is 0. The number of hydrogen-bond donors (Lipinski definition) is 5. The molecule has 0 saturated carbocycles. The largest absolute Gasteiger partial charge is 0.480 e. The first-order chi connectivity index (χ1) is 18.9. The maximum Gasteiger partial charge on any atom is 0.323 e. The molecule has 0 radical (unpaired) electrons. The average Bonchev–Trinajstić information content (AvgIpc) is 3.40. The molecule has 2 heterocycles. The van der Waals surface area contributed by atoms with Crippen LogP contribution in [-0.2, 0) is 28.4 Å². The van der Waals surface area contributed by atoms with Gasteiger partial charge in [-0.25, -0.2) is 8.42 Å². The van der Waals surface area contributed by atoms with Gasteiger partial charge in [0.1, 0.15) is 11.6 Å². The lowest BCUT2D eigenvalue weighted by atomic mass is 10.1. The van der Waals surface area contributed by atoms with Crippen LogP contribution in [0.1, 0.15) is 32.6 Å². The Labute approximate surface area is 231 Å². The second-order valence-electron chi connectivity index (χ2n) is 9.79.